The first-order valence-electron chi connectivity index (χ1n) is 11.5. The third-order valence-corrected chi connectivity index (χ3v) is 6.60. The highest BCUT2D eigenvalue weighted by Crippen LogP contribution is 2.33. The molecule has 0 bridgehead atoms. The van der Waals surface area contributed by atoms with Crippen LogP contribution in [0.4, 0.5) is 0 Å². The van der Waals surface area contributed by atoms with Crippen LogP contribution in [0, 0.1) is 26.7 Å². The SMILES string of the molecule is CC.CCOC(=O)Cc1c(C)c(C)c2c(c1C)CC(=O)N(CC1CCCCC1)C2. The van der Waals surface area contributed by atoms with Gasteiger partial charge in [-0.05, 0) is 79.8 Å². The molecule has 1 heterocycles. The van der Waals surface area contributed by atoms with Crippen LogP contribution in [0.25, 0.3) is 0 Å². The first kappa shape index (κ1) is 23.4. The zero-order chi connectivity index (χ0) is 21.6. The first-order chi connectivity index (χ1) is 13.9. The molecule has 1 fully saturated rings. The van der Waals surface area contributed by atoms with Crippen molar-refractivity contribution in [2.24, 2.45) is 5.92 Å². The van der Waals surface area contributed by atoms with E-state index in [1.54, 1.807) is 0 Å². The molecule has 1 aromatic rings. The number of amides is 1. The van der Waals surface area contributed by atoms with Crippen LogP contribution >= 0.6 is 0 Å². The molecule has 0 unspecified atom stereocenters. The molecule has 0 spiro atoms. The summed E-state index contributed by atoms with van der Waals surface area (Å²) in [6.07, 6.45) is 7.21. The molecule has 1 aromatic carbocycles. The van der Waals surface area contributed by atoms with Crippen LogP contribution in [0.5, 0.6) is 0 Å². The molecule has 29 heavy (non-hydrogen) atoms. The van der Waals surface area contributed by atoms with Crippen molar-refractivity contribution in [3.63, 3.8) is 0 Å². The summed E-state index contributed by atoms with van der Waals surface area (Å²) in [6.45, 7) is 14.1. The molecule has 1 amide bonds. The summed E-state index contributed by atoms with van der Waals surface area (Å²) in [5.41, 5.74) is 6.99. The number of esters is 1. The number of nitrogens with zero attached hydrogens (tertiary/aromatic N) is 1. The third kappa shape index (κ3) is 5.40. The van der Waals surface area contributed by atoms with Gasteiger partial charge in [0.25, 0.3) is 0 Å². The zero-order valence-electron chi connectivity index (χ0n) is 19.3. The van der Waals surface area contributed by atoms with Gasteiger partial charge in [-0.2, -0.15) is 0 Å². The van der Waals surface area contributed by atoms with Crippen molar-refractivity contribution in [3.8, 4) is 0 Å². The van der Waals surface area contributed by atoms with Gasteiger partial charge in [0.2, 0.25) is 5.91 Å². The van der Waals surface area contributed by atoms with Crippen LogP contribution in [0.1, 0.15) is 86.3 Å². The van der Waals surface area contributed by atoms with E-state index >= 15 is 0 Å². The lowest BCUT2D eigenvalue weighted by molar-refractivity contribution is -0.142. The van der Waals surface area contributed by atoms with E-state index in [0.29, 0.717) is 25.4 Å². The second-order valence-corrected chi connectivity index (χ2v) is 8.25. The number of ether oxygens (including phenoxy) is 1. The second kappa shape index (κ2) is 10.8. The third-order valence-electron chi connectivity index (χ3n) is 6.60. The smallest absolute Gasteiger partial charge is 0.310 e. The van der Waals surface area contributed by atoms with Gasteiger partial charge in [0.15, 0.2) is 0 Å². The highest BCUT2D eigenvalue weighted by atomic mass is 16.5. The maximum Gasteiger partial charge on any atom is 0.310 e. The number of carbonyl (C=O) groups excluding carboxylic acids is 2. The Hall–Kier alpha value is -1.84. The fourth-order valence-electron chi connectivity index (χ4n) is 4.83. The quantitative estimate of drug-likeness (QED) is 0.636. The molecule has 0 radical (unpaired) electrons. The summed E-state index contributed by atoms with van der Waals surface area (Å²) in [7, 11) is 0. The van der Waals surface area contributed by atoms with Crippen LogP contribution in [0.2, 0.25) is 0 Å². The minimum atomic E-state index is -0.191. The topological polar surface area (TPSA) is 46.6 Å². The molecule has 4 heteroatoms. The number of rotatable bonds is 5. The maximum absolute atomic E-state index is 12.8. The summed E-state index contributed by atoms with van der Waals surface area (Å²) in [4.78, 5) is 27.0. The van der Waals surface area contributed by atoms with E-state index in [1.165, 1.54) is 48.8 Å². The number of fused-ring (bicyclic) bond motifs is 1. The molecule has 1 aliphatic carbocycles. The Balaban J connectivity index is 0.00000145. The molecular formula is C25H39NO3. The molecule has 0 atom stereocenters. The molecular weight excluding hydrogens is 362 g/mol. The summed E-state index contributed by atoms with van der Waals surface area (Å²) < 4.78 is 5.15. The lowest BCUT2D eigenvalue weighted by atomic mass is 9.83. The average Bonchev–Trinajstić information content (AvgIpc) is 2.73. The Morgan fingerprint density at radius 3 is 2.28 bits per heavy atom. The normalized spacial score (nSPS) is 16.8. The van der Waals surface area contributed by atoms with Gasteiger partial charge < -0.3 is 9.64 Å². The van der Waals surface area contributed by atoms with E-state index in [-0.39, 0.29) is 11.9 Å². The molecule has 3 rings (SSSR count). The van der Waals surface area contributed by atoms with Crippen LogP contribution in [0.3, 0.4) is 0 Å². The monoisotopic (exact) mass is 401 g/mol. The van der Waals surface area contributed by atoms with Gasteiger partial charge in [-0.1, -0.05) is 33.1 Å². The van der Waals surface area contributed by atoms with Gasteiger partial charge in [0.05, 0.1) is 19.4 Å². The predicted octanol–water partition coefficient (Wildman–Crippen LogP) is 5.21. The Bertz CT molecular complexity index is 732. The van der Waals surface area contributed by atoms with Gasteiger partial charge in [0, 0.05) is 13.1 Å². The van der Waals surface area contributed by atoms with Crippen molar-refractivity contribution >= 4 is 11.9 Å². The lowest BCUT2D eigenvalue weighted by Crippen LogP contribution is -2.40. The number of benzene rings is 1. The summed E-state index contributed by atoms with van der Waals surface area (Å²) in [6, 6.07) is 0. The Kier molecular flexibility index (Phi) is 8.73. The predicted molar refractivity (Wildman–Crippen MR) is 118 cm³/mol. The van der Waals surface area contributed by atoms with E-state index < -0.39 is 0 Å². The van der Waals surface area contributed by atoms with E-state index in [2.05, 4.69) is 25.7 Å². The van der Waals surface area contributed by atoms with Crippen molar-refractivity contribution in [3.05, 3.63) is 33.4 Å². The number of carbonyl (C=O) groups is 2. The van der Waals surface area contributed by atoms with E-state index in [4.69, 9.17) is 4.74 Å². The fourth-order valence-corrected chi connectivity index (χ4v) is 4.83. The van der Waals surface area contributed by atoms with Gasteiger partial charge in [-0.3, -0.25) is 9.59 Å². The minimum Gasteiger partial charge on any atom is -0.466 e. The van der Waals surface area contributed by atoms with Crippen molar-refractivity contribution in [1.82, 2.24) is 4.90 Å². The Morgan fingerprint density at radius 2 is 1.66 bits per heavy atom. The molecule has 4 nitrogen and oxygen atoms in total. The largest absolute Gasteiger partial charge is 0.466 e. The molecule has 0 saturated heterocycles. The molecule has 162 valence electrons. The average molecular weight is 402 g/mol. The highest BCUT2D eigenvalue weighted by molar-refractivity contribution is 5.83. The van der Waals surface area contributed by atoms with Crippen molar-refractivity contribution in [2.45, 2.75) is 93.0 Å². The number of hydrogen-bond acceptors (Lipinski definition) is 3. The molecule has 1 saturated carbocycles. The van der Waals surface area contributed by atoms with Crippen LogP contribution in [-0.4, -0.2) is 29.9 Å². The standard InChI is InChI=1S/C23H33NO3.C2H6/c1-5-27-23(26)12-19-15(2)16(3)21-14-24(13-18-9-7-6-8-10-18)22(25)11-20(21)17(19)4;1-2/h18H,5-14H2,1-4H3;1-2H3. The molecule has 0 aromatic heterocycles. The Morgan fingerprint density at radius 1 is 1.00 bits per heavy atom. The molecule has 2 aliphatic rings. The van der Waals surface area contributed by atoms with Gasteiger partial charge in [-0.25, -0.2) is 0 Å². The molecule has 0 N–H and O–H groups in total. The van der Waals surface area contributed by atoms with Gasteiger partial charge in [-0.15, -0.1) is 0 Å². The summed E-state index contributed by atoms with van der Waals surface area (Å²) in [5, 5.41) is 0. The van der Waals surface area contributed by atoms with Crippen molar-refractivity contribution < 1.29 is 14.3 Å². The summed E-state index contributed by atoms with van der Waals surface area (Å²) in [5.74, 6) is 0.709. The van der Waals surface area contributed by atoms with E-state index in [9.17, 15) is 9.59 Å². The van der Waals surface area contributed by atoms with Crippen molar-refractivity contribution in [2.75, 3.05) is 13.2 Å². The summed E-state index contributed by atoms with van der Waals surface area (Å²) >= 11 is 0. The zero-order valence-corrected chi connectivity index (χ0v) is 19.3. The highest BCUT2D eigenvalue weighted by Gasteiger charge is 2.30. The maximum atomic E-state index is 12.8. The number of hydrogen-bond donors (Lipinski definition) is 0. The first-order valence-corrected chi connectivity index (χ1v) is 11.5. The van der Waals surface area contributed by atoms with Gasteiger partial charge in [0.1, 0.15) is 0 Å². The van der Waals surface area contributed by atoms with Crippen LogP contribution in [-0.2, 0) is 33.7 Å². The fraction of sp³-hybridized carbons (Fsp3) is 0.680. The van der Waals surface area contributed by atoms with E-state index in [1.807, 2.05) is 20.8 Å². The van der Waals surface area contributed by atoms with Crippen LogP contribution < -0.4 is 0 Å². The Labute approximate surface area is 177 Å². The lowest BCUT2D eigenvalue weighted by Gasteiger charge is -2.35. The minimum absolute atomic E-state index is 0.191. The molecule has 1 aliphatic heterocycles. The van der Waals surface area contributed by atoms with E-state index in [0.717, 1.165) is 29.8 Å². The van der Waals surface area contributed by atoms with Crippen LogP contribution in [0.15, 0.2) is 0 Å². The van der Waals surface area contributed by atoms with Gasteiger partial charge >= 0.3 is 5.97 Å². The second-order valence-electron chi connectivity index (χ2n) is 8.25. The van der Waals surface area contributed by atoms with Crippen molar-refractivity contribution in [1.29, 1.82) is 0 Å².